The van der Waals surface area contributed by atoms with Gasteiger partial charge in [-0.1, -0.05) is 186 Å². The third-order valence-corrected chi connectivity index (χ3v) is 27.1. The minimum absolute atomic E-state index is 0.111. The maximum atomic E-state index is 8.17. The van der Waals surface area contributed by atoms with Gasteiger partial charge < -0.3 is 22.4 Å². The van der Waals surface area contributed by atoms with Gasteiger partial charge in [0.05, 0.1) is 53.4 Å². The molecule has 2 heterocycles. The molecule has 0 saturated carbocycles. The Hall–Kier alpha value is -2.13. The molecule has 0 unspecified atom stereocenters. The van der Waals surface area contributed by atoms with E-state index >= 15 is 0 Å². The fourth-order valence-corrected chi connectivity index (χ4v) is 24.5. The van der Waals surface area contributed by atoms with Crippen molar-refractivity contribution in [2.24, 2.45) is 0 Å². The first-order chi connectivity index (χ1) is 29.9. The minimum atomic E-state index is -3.21. The summed E-state index contributed by atoms with van der Waals surface area (Å²) in [4.78, 5) is 8.45. The van der Waals surface area contributed by atoms with Crippen molar-refractivity contribution in [3.8, 4) is 23.0 Å². The molecular formula is C54H78O5S4Si2. The highest BCUT2D eigenvalue weighted by molar-refractivity contribution is 8.01. The fourth-order valence-electron chi connectivity index (χ4n) is 8.61. The molecule has 10 bridgehead atoms. The first kappa shape index (κ1) is 52.2. The molecular weight excluding hydrogens is 913 g/mol. The minimum Gasteiger partial charge on any atom is -0.518 e. The monoisotopic (exact) mass is 990 g/mol. The van der Waals surface area contributed by atoms with Crippen LogP contribution in [0.4, 0.5) is 0 Å². The van der Waals surface area contributed by atoms with E-state index in [1.165, 1.54) is 22.3 Å². The lowest BCUT2D eigenvalue weighted by Gasteiger charge is -2.48. The lowest BCUT2D eigenvalue weighted by Crippen LogP contribution is -2.64. The summed E-state index contributed by atoms with van der Waals surface area (Å²) in [7, 11) is -2.80. The van der Waals surface area contributed by atoms with Gasteiger partial charge in [0.2, 0.25) is 0 Å². The van der Waals surface area contributed by atoms with Crippen molar-refractivity contribution in [3.05, 3.63) is 70.8 Å². The van der Waals surface area contributed by atoms with Gasteiger partial charge >= 0.3 is 17.1 Å². The molecule has 4 aromatic rings. The molecule has 0 saturated heterocycles. The standard InChI is InChI=1S/C54H78O5S4Si2/c1-31(2)64(32(3)4)57-49-43-27-37(53(15,16)17)29-45(49)63-46-30-38(54(18,19)20)28-44(50(46)58-65(59-64,33(5)6)34(7)8)62-42-26-36(52(12,13)14)24-40(48(42)56-22)60-39-23-35(51(9,10)11)25-41(61-43)47(39)55-21/h23-34H,1-22H3. The summed E-state index contributed by atoms with van der Waals surface area (Å²) >= 11 is 7.04. The van der Waals surface area contributed by atoms with E-state index in [4.69, 9.17) is 22.4 Å². The van der Waals surface area contributed by atoms with Crippen molar-refractivity contribution < 1.29 is 22.4 Å². The van der Waals surface area contributed by atoms with Crippen molar-refractivity contribution in [2.75, 3.05) is 14.2 Å². The van der Waals surface area contributed by atoms with Gasteiger partial charge in [0.1, 0.15) is 23.0 Å². The van der Waals surface area contributed by atoms with E-state index in [0.717, 1.165) is 62.2 Å². The van der Waals surface area contributed by atoms with Crippen LogP contribution >= 0.6 is 47.0 Å². The lowest BCUT2D eigenvalue weighted by molar-refractivity contribution is 0.266. The zero-order chi connectivity index (χ0) is 48.6. The molecule has 356 valence electrons. The Balaban J connectivity index is 1.92. The van der Waals surface area contributed by atoms with Crippen molar-refractivity contribution in [1.82, 2.24) is 0 Å². The Morgan fingerprint density at radius 2 is 0.569 bits per heavy atom. The van der Waals surface area contributed by atoms with Crippen LogP contribution in [0.3, 0.4) is 0 Å². The molecule has 0 aliphatic carbocycles. The maximum Gasteiger partial charge on any atom is 0.396 e. The molecule has 2 aliphatic heterocycles. The van der Waals surface area contributed by atoms with Crippen molar-refractivity contribution in [2.45, 2.75) is 221 Å². The predicted molar refractivity (Wildman–Crippen MR) is 284 cm³/mol. The van der Waals surface area contributed by atoms with Gasteiger partial charge in [0, 0.05) is 22.2 Å². The Kier molecular flexibility index (Phi) is 15.0. The van der Waals surface area contributed by atoms with Crippen LogP contribution in [0.5, 0.6) is 23.0 Å². The molecule has 0 atom stereocenters. The number of fused-ring (bicyclic) bond motifs is 4. The van der Waals surface area contributed by atoms with Crippen molar-refractivity contribution in [3.63, 3.8) is 0 Å². The Morgan fingerprint density at radius 1 is 0.369 bits per heavy atom. The van der Waals surface area contributed by atoms with Crippen LogP contribution in [0.2, 0.25) is 22.2 Å². The van der Waals surface area contributed by atoms with Crippen LogP contribution in [0.15, 0.2) is 87.7 Å². The second-order valence-corrected chi connectivity index (χ2v) is 36.5. The first-order valence-electron chi connectivity index (χ1n) is 23.5. The van der Waals surface area contributed by atoms with Crippen LogP contribution in [0, 0.1) is 0 Å². The molecule has 0 N–H and O–H groups in total. The SMILES string of the molecule is COc1c2cc(C(C)(C)C)cc1Sc1cc(C(C)(C)C)cc3c1O[Si](C(C)C)(C(C)C)O[Si](C(C)C)(C(C)C)Oc1c(cc(C(C)(C)C)cc1S3)Sc1cc(C(C)(C)C)cc(c1OC)S2. The fraction of sp³-hybridized carbons (Fsp3) is 0.556. The zero-order valence-corrected chi connectivity index (χ0v) is 48.9. The van der Waals surface area contributed by atoms with E-state index < -0.39 is 17.1 Å². The van der Waals surface area contributed by atoms with Gasteiger partial charge in [-0.05, 0) is 92.4 Å². The largest absolute Gasteiger partial charge is 0.518 e. The number of methoxy groups -OCH3 is 2. The highest BCUT2D eigenvalue weighted by Gasteiger charge is 2.60. The average molecular weight is 992 g/mol. The zero-order valence-electron chi connectivity index (χ0n) is 43.6. The van der Waals surface area contributed by atoms with E-state index in [1.54, 1.807) is 47.0 Å². The second kappa shape index (κ2) is 18.7. The summed E-state index contributed by atoms with van der Waals surface area (Å²) in [5.74, 6) is 3.47. The van der Waals surface area contributed by atoms with Gasteiger partial charge in [0.15, 0.2) is 0 Å². The summed E-state index contributed by atoms with van der Waals surface area (Å²) in [5.41, 5.74) is 4.79. The summed E-state index contributed by atoms with van der Waals surface area (Å²) in [6.07, 6.45) is 0. The molecule has 4 aromatic carbocycles. The molecule has 2 aliphatic rings. The quantitative estimate of drug-likeness (QED) is 0.155. The predicted octanol–water partition coefficient (Wildman–Crippen LogP) is 18.1. The summed E-state index contributed by atoms with van der Waals surface area (Å²) in [6.45, 7) is 46.1. The Labute approximate surface area is 413 Å². The van der Waals surface area contributed by atoms with Gasteiger partial charge in [-0.2, -0.15) is 0 Å². The third kappa shape index (κ3) is 10.4. The number of benzene rings is 4. The number of rotatable bonds is 6. The molecule has 0 spiro atoms. The third-order valence-electron chi connectivity index (χ3n) is 12.9. The number of ether oxygens (including phenoxy) is 2. The second-order valence-electron chi connectivity index (χ2n) is 23.4. The normalized spacial score (nSPS) is 16.6. The van der Waals surface area contributed by atoms with Crippen molar-refractivity contribution in [1.29, 1.82) is 0 Å². The molecule has 0 aromatic heterocycles. The van der Waals surface area contributed by atoms with E-state index in [-0.39, 0.29) is 43.8 Å². The van der Waals surface area contributed by atoms with Crippen LogP contribution in [-0.4, -0.2) is 31.3 Å². The van der Waals surface area contributed by atoms with Gasteiger partial charge in [-0.15, -0.1) is 0 Å². The summed E-state index contributed by atoms with van der Waals surface area (Å²) in [5, 5.41) is 0. The van der Waals surface area contributed by atoms with E-state index in [9.17, 15) is 0 Å². The molecule has 5 nitrogen and oxygen atoms in total. The molecule has 65 heavy (non-hydrogen) atoms. The highest BCUT2D eigenvalue weighted by Crippen LogP contribution is 2.59. The topological polar surface area (TPSA) is 46.2 Å². The Bertz CT molecular complexity index is 2230. The number of hydrogen-bond donors (Lipinski definition) is 0. The van der Waals surface area contributed by atoms with E-state index in [0.29, 0.717) is 0 Å². The van der Waals surface area contributed by atoms with Crippen LogP contribution in [0.25, 0.3) is 0 Å². The van der Waals surface area contributed by atoms with Crippen LogP contribution in [0.1, 0.15) is 161 Å². The molecule has 11 heteroatoms. The van der Waals surface area contributed by atoms with Gasteiger partial charge in [-0.25, -0.2) is 0 Å². The number of hydrogen-bond acceptors (Lipinski definition) is 9. The van der Waals surface area contributed by atoms with Crippen LogP contribution < -0.4 is 18.3 Å². The molecule has 0 radical (unpaired) electrons. The van der Waals surface area contributed by atoms with Gasteiger partial charge in [0.25, 0.3) is 0 Å². The maximum absolute atomic E-state index is 8.17. The van der Waals surface area contributed by atoms with E-state index in [1.807, 2.05) is 14.2 Å². The summed E-state index contributed by atoms with van der Waals surface area (Å²) < 4.78 is 37.3. The Morgan fingerprint density at radius 3 is 0.769 bits per heavy atom. The van der Waals surface area contributed by atoms with Gasteiger partial charge in [-0.3, -0.25) is 0 Å². The molecule has 6 rings (SSSR count). The lowest BCUT2D eigenvalue weighted by atomic mass is 9.87. The first-order valence-corrected chi connectivity index (χ1v) is 30.7. The smallest absolute Gasteiger partial charge is 0.396 e. The van der Waals surface area contributed by atoms with Crippen LogP contribution in [-0.2, 0) is 25.8 Å². The molecule has 0 fully saturated rings. The summed E-state index contributed by atoms with van der Waals surface area (Å²) in [6, 6.07) is 18.9. The van der Waals surface area contributed by atoms with E-state index in [2.05, 4.69) is 187 Å². The average Bonchev–Trinajstić information content (AvgIpc) is 3.16. The van der Waals surface area contributed by atoms with Crippen molar-refractivity contribution >= 4 is 64.2 Å². The molecule has 0 amide bonds. The highest BCUT2D eigenvalue weighted by atomic mass is 32.2.